The number of hydrogen-bond acceptors (Lipinski definition) is 4. The highest BCUT2D eigenvalue weighted by Gasteiger charge is 2.45. The Labute approximate surface area is 99.5 Å². The van der Waals surface area contributed by atoms with Gasteiger partial charge in [-0.25, -0.2) is 4.98 Å². The SMILES string of the molecule is CC(C)(C)N1C(=O)CC(N)C1c1nccs1. The molecule has 1 aliphatic rings. The number of amides is 1. The van der Waals surface area contributed by atoms with E-state index >= 15 is 0 Å². The molecule has 0 aromatic carbocycles. The fourth-order valence-corrected chi connectivity index (χ4v) is 3.03. The molecule has 0 spiro atoms. The second-order valence-electron chi connectivity index (χ2n) is 5.12. The third kappa shape index (κ3) is 1.85. The van der Waals surface area contributed by atoms with Gasteiger partial charge in [0.2, 0.25) is 5.91 Å². The Hall–Kier alpha value is -0.940. The van der Waals surface area contributed by atoms with Crippen LogP contribution in [0.4, 0.5) is 0 Å². The Kier molecular flexibility index (Phi) is 2.75. The number of aromatic nitrogens is 1. The molecule has 1 amide bonds. The van der Waals surface area contributed by atoms with Gasteiger partial charge >= 0.3 is 0 Å². The molecule has 2 atom stereocenters. The van der Waals surface area contributed by atoms with Gasteiger partial charge in [-0.15, -0.1) is 11.3 Å². The molecule has 16 heavy (non-hydrogen) atoms. The van der Waals surface area contributed by atoms with E-state index in [1.807, 2.05) is 31.1 Å². The average Bonchev–Trinajstić information content (AvgIpc) is 2.70. The third-order valence-electron chi connectivity index (χ3n) is 2.79. The molecule has 1 aliphatic heterocycles. The zero-order valence-electron chi connectivity index (χ0n) is 9.80. The molecule has 2 rings (SSSR count). The van der Waals surface area contributed by atoms with Crippen LogP contribution in [0.1, 0.15) is 38.2 Å². The Morgan fingerprint density at radius 3 is 2.75 bits per heavy atom. The smallest absolute Gasteiger partial charge is 0.225 e. The fraction of sp³-hybridized carbons (Fsp3) is 0.636. The topological polar surface area (TPSA) is 59.2 Å². The molecule has 88 valence electrons. The van der Waals surface area contributed by atoms with Crippen LogP contribution in [0.15, 0.2) is 11.6 Å². The standard InChI is InChI=1S/C11H17N3OS/c1-11(2,3)14-8(15)6-7(12)9(14)10-13-4-5-16-10/h4-5,7,9H,6,12H2,1-3H3. The highest BCUT2D eigenvalue weighted by atomic mass is 32.1. The molecule has 5 heteroatoms. The van der Waals surface area contributed by atoms with E-state index in [-0.39, 0.29) is 23.5 Å². The van der Waals surface area contributed by atoms with Gasteiger partial charge in [-0.05, 0) is 20.8 Å². The summed E-state index contributed by atoms with van der Waals surface area (Å²) < 4.78 is 0. The molecule has 1 aromatic rings. The average molecular weight is 239 g/mol. The molecule has 1 saturated heterocycles. The lowest BCUT2D eigenvalue weighted by Gasteiger charge is -2.37. The second-order valence-corrected chi connectivity index (χ2v) is 6.04. The van der Waals surface area contributed by atoms with Crippen LogP contribution in [0.5, 0.6) is 0 Å². The lowest BCUT2D eigenvalue weighted by molar-refractivity contribution is -0.133. The first kappa shape index (κ1) is 11.5. The Morgan fingerprint density at radius 2 is 2.25 bits per heavy atom. The second kappa shape index (κ2) is 3.82. The summed E-state index contributed by atoms with van der Waals surface area (Å²) in [7, 11) is 0. The van der Waals surface area contributed by atoms with Crippen molar-refractivity contribution in [1.29, 1.82) is 0 Å². The molecule has 0 aliphatic carbocycles. The quantitative estimate of drug-likeness (QED) is 0.808. The first-order valence-corrected chi connectivity index (χ1v) is 6.26. The summed E-state index contributed by atoms with van der Waals surface area (Å²) in [5.74, 6) is 0.125. The lowest BCUT2D eigenvalue weighted by atomic mass is 10.0. The monoisotopic (exact) mass is 239 g/mol. The number of thiazole rings is 1. The van der Waals surface area contributed by atoms with Crippen LogP contribution in [-0.4, -0.2) is 27.4 Å². The van der Waals surface area contributed by atoms with Gasteiger partial charge in [0.1, 0.15) is 5.01 Å². The van der Waals surface area contributed by atoms with E-state index in [1.165, 1.54) is 0 Å². The summed E-state index contributed by atoms with van der Waals surface area (Å²) in [5.41, 5.74) is 5.85. The van der Waals surface area contributed by atoms with Gasteiger partial charge in [-0.1, -0.05) is 0 Å². The summed E-state index contributed by atoms with van der Waals surface area (Å²) in [5, 5.41) is 2.86. The minimum absolute atomic E-state index is 0.0625. The van der Waals surface area contributed by atoms with E-state index in [2.05, 4.69) is 4.98 Å². The molecule has 1 aromatic heterocycles. The number of hydrogen-bond donors (Lipinski definition) is 1. The van der Waals surface area contributed by atoms with Crippen LogP contribution in [0.3, 0.4) is 0 Å². The molecule has 1 fully saturated rings. The predicted octanol–water partition coefficient (Wildman–Crippen LogP) is 1.54. The minimum atomic E-state index is -0.207. The highest BCUT2D eigenvalue weighted by Crippen LogP contribution is 2.38. The predicted molar refractivity (Wildman–Crippen MR) is 64.0 cm³/mol. The fourth-order valence-electron chi connectivity index (χ4n) is 2.22. The van der Waals surface area contributed by atoms with Crippen LogP contribution in [0, 0.1) is 0 Å². The van der Waals surface area contributed by atoms with Crippen LogP contribution in [-0.2, 0) is 4.79 Å². The van der Waals surface area contributed by atoms with E-state index in [0.29, 0.717) is 6.42 Å². The Morgan fingerprint density at radius 1 is 1.56 bits per heavy atom. The van der Waals surface area contributed by atoms with Crippen molar-refractivity contribution in [2.45, 2.75) is 44.8 Å². The van der Waals surface area contributed by atoms with Gasteiger partial charge in [-0.3, -0.25) is 4.79 Å². The van der Waals surface area contributed by atoms with Gasteiger partial charge in [0.25, 0.3) is 0 Å². The Bertz CT molecular complexity index is 382. The van der Waals surface area contributed by atoms with Crippen molar-refractivity contribution >= 4 is 17.2 Å². The van der Waals surface area contributed by atoms with Crippen molar-refractivity contribution in [2.24, 2.45) is 5.73 Å². The normalized spacial score (nSPS) is 26.5. The molecule has 2 N–H and O–H groups in total. The summed E-state index contributed by atoms with van der Waals surface area (Å²) in [6.45, 7) is 6.09. The minimum Gasteiger partial charge on any atom is -0.327 e. The van der Waals surface area contributed by atoms with Crippen molar-refractivity contribution in [2.75, 3.05) is 0 Å². The number of rotatable bonds is 1. The molecule has 2 unspecified atom stereocenters. The van der Waals surface area contributed by atoms with Gasteiger partial charge in [-0.2, -0.15) is 0 Å². The van der Waals surface area contributed by atoms with Crippen molar-refractivity contribution in [1.82, 2.24) is 9.88 Å². The van der Waals surface area contributed by atoms with Gasteiger partial charge in [0, 0.05) is 29.6 Å². The van der Waals surface area contributed by atoms with Crippen molar-refractivity contribution < 1.29 is 4.79 Å². The van der Waals surface area contributed by atoms with E-state index in [1.54, 1.807) is 17.5 Å². The van der Waals surface area contributed by atoms with E-state index in [4.69, 9.17) is 5.73 Å². The summed E-state index contributed by atoms with van der Waals surface area (Å²) in [4.78, 5) is 18.1. The maximum atomic E-state index is 12.0. The van der Waals surface area contributed by atoms with Gasteiger partial charge in [0.15, 0.2) is 0 Å². The molecular weight excluding hydrogens is 222 g/mol. The highest BCUT2D eigenvalue weighted by molar-refractivity contribution is 7.09. The van der Waals surface area contributed by atoms with Crippen molar-refractivity contribution in [3.8, 4) is 0 Å². The molecule has 0 bridgehead atoms. The maximum absolute atomic E-state index is 12.0. The number of carbonyl (C=O) groups excluding carboxylic acids is 1. The molecule has 4 nitrogen and oxygen atoms in total. The first-order valence-electron chi connectivity index (χ1n) is 5.38. The first-order chi connectivity index (χ1) is 7.41. The summed E-state index contributed by atoms with van der Waals surface area (Å²) in [6.07, 6.45) is 2.18. The third-order valence-corrected chi connectivity index (χ3v) is 3.64. The van der Waals surface area contributed by atoms with E-state index in [9.17, 15) is 4.79 Å². The molecule has 0 radical (unpaired) electrons. The zero-order chi connectivity index (χ0) is 11.9. The van der Waals surface area contributed by atoms with Crippen molar-refractivity contribution in [3.63, 3.8) is 0 Å². The number of carbonyl (C=O) groups is 1. The van der Waals surface area contributed by atoms with Crippen LogP contribution in [0.2, 0.25) is 0 Å². The van der Waals surface area contributed by atoms with Crippen molar-refractivity contribution in [3.05, 3.63) is 16.6 Å². The largest absolute Gasteiger partial charge is 0.327 e. The van der Waals surface area contributed by atoms with Gasteiger partial charge in [0.05, 0.1) is 6.04 Å². The van der Waals surface area contributed by atoms with Gasteiger partial charge < -0.3 is 10.6 Å². The van der Waals surface area contributed by atoms with E-state index < -0.39 is 0 Å². The number of nitrogens with two attached hydrogens (primary N) is 1. The van der Waals surface area contributed by atoms with Crippen LogP contribution < -0.4 is 5.73 Å². The zero-order valence-corrected chi connectivity index (χ0v) is 10.6. The van der Waals surface area contributed by atoms with Crippen LogP contribution >= 0.6 is 11.3 Å². The van der Waals surface area contributed by atoms with Crippen LogP contribution in [0.25, 0.3) is 0 Å². The Balaban J connectivity index is 2.38. The number of nitrogens with zero attached hydrogens (tertiary/aromatic N) is 2. The molecule has 2 heterocycles. The summed E-state index contributed by atoms with van der Waals surface area (Å²) in [6, 6.07) is -0.203. The lowest BCUT2D eigenvalue weighted by Crippen LogP contribution is -2.45. The van der Waals surface area contributed by atoms with E-state index in [0.717, 1.165) is 5.01 Å². The number of likely N-dealkylation sites (tertiary alicyclic amines) is 1. The maximum Gasteiger partial charge on any atom is 0.225 e. The summed E-state index contributed by atoms with van der Waals surface area (Å²) >= 11 is 1.56. The molecule has 0 saturated carbocycles. The molecular formula is C11H17N3OS.